The zero-order valence-corrected chi connectivity index (χ0v) is 18.5. The van der Waals surface area contributed by atoms with Gasteiger partial charge in [0.1, 0.15) is 0 Å². The van der Waals surface area contributed by atoms with E-state index in [2.05, 4.69) is 0 Å². The van der Waals surface area contributed by atoms with E-state index in [0.29, 0.717) is 45.4 Å². The van der Waals surface area contributed by atoms with Crippen molar-refractivity contribution in [1.82, 2.24) is 13.5 Å². The summed E-state index contributed by atoms with van der Waals surface area (Å²) in [7, 11) is -5.08. The van der Waals surface area contributed by atoms with Crippen LogP contribution in [0.15, 0.2) is 0 Å². The van der Waals surface area contributed by atoms with Gasteiger partial charge < -0.3 is 26.4 Å². The molecule has 0 spiro atoms. The Morgan fingerprint density at radius 1 is 1.34 bits per heavy atom. The lowest BCUT2D eigenvalue weighted by Gasteiger charge is -2.46. The van der Waals surface area contributed by atoms with E-state index in [1.54, 1.807) is 11.8 Å². The molecule has 10 nitrogen and oxygen atoms in total. The molecule has 2 aliphatic rings. The van der Waals surface area contributed by atoms with Crippen molar-refractivity contribution in [3.8, 4) is 0 Å². The molecule has 1 amide bonds. The zero-order valence-electron chi connectivity index (χ0n) is 17.7. The molecule has 0 aliphatic carbocycles. The van der Waals surface area contributed by atoms with Crippen LogP contribution in [-0.4, -0.2) is 95.3 Å². The Morgan fingerprint density at radius 3 is 2.48 bits per heavy atom. The van der Waals surface area contributed by atoms with Crippen molar-refractivity contribution in [2.75, 3.05) is 32.7 Å². The highest BCUT2D eigenvalue weighted by molar-refractivity contribution is 7.86. The van der Waals surface area contributed by atoms with E-state index in [9.17, 15) is 13.2 Å². The van der Waals surface area contributed by atoms with Crippen molar-refractivity contribution in [3.63, 3.8) is 0 Å². The zero-order chi connectivity index (χ0) is 22.0. The molecule has 6 N–H and O–H groups in total. The summed E-state index contributed by atoms with van der Waals surface area (Å²) in [6.45, 7) is 7.01. The summed E-state index contributed by atoms with van der Waals surface area (Å²) in [4.78, 5) is 13.6. The minimum atomic E-state index is -3.72. The lowest BCUT2D eigenvalue weighted by atomic mass is 9.79. The highest BCUT2D eigenvalue weighted by atomic mass is 32.2. The van der Waals surface area contributed by atoms with Gasteiger partial charge in [-0.1, -0.05) is 13.3 Å². The van der Waals surface area contributed by atoms with E-state index in [1.165, 1.54) is 8.61 Å². The van der Waals surface area contributed by atoms with E-state index in [-0.39, 0.29) is 30.7 Å². The van der Waals surface area contributed by atoms with E-state index < -0.39 is 28.9 Å². The van der Waals surface area contributed by atoms with Crippen LogP contribution in [0.4, 0.5) is 0 Å². The summed E-state index contributed by atoms with van der Waals surface area (Å²) >= 11 is 0. The third kappa shape index (κ3) is 5.69. The number of likely N-dealkylation sites (tertiary alicyclic amines) is 1. The summed E-state index contributed by atoms with van der Waals surface area (Å²) < 4.78 is 29.7. The number of hydrogen-bond acceptors (Lipinski definition) is 7. The van der Waals surface area contributed by atoms with Crippen LogP contribution in [0, 0.1) is 5.92 Å². The Hall–Kier alpha value is -0.755. The first-order chi connectivity index (χ1) is 13.4. The number of amides is 1. The van der Waals surface area contributed by atoms with Crippen molar-refractivity contribution in [3.05, 3.63) is 0 Å². The number of hydrogen-bond donors (Lipinski definition) is 4. The molecule has 29 heavy (non-hydrogen) atoms. The summed E-state index contributed by atoms with van der Waals surface area (Å²) in [6, 6.07) is -0.850. The van der Waals surface area contributed by atoms with Crippen LogP contribution < -0.4 is 11.5 Å². The monoisotopic (exact) mass is 433 g/mol. The molecule has 2 aliphatic heterocycles. The number of nitrogens with zero attached hydrogens (tertiary/aromatic N) is 3. The smallest absolute Gasteiger partial charge is 0.427 e. The van der Waals surface area contributed by atoms with Crippen molar-refractivity contribution in [1.29, 1.82) is 0 Å². The fraction of sp³-hybridized carbons (Fsp3) is 0.941. The number of carbonyl (C=O) groups excluding carboxylic acids is 1. The molecule has 0 radical (unpaired) electrons. The van der Waals surface area contributed by atoms with E-state index in [1.807, 2.05) is 13.8 Å². The standard InChI is InChI=1S/C17H36BN5O5S/c1-4-8-23(15-10-21(11-15)16(24)13(2)19)29(27,28)22-9-14(17(3,20)12-22)6-5-7-18(25)26/h13-15,25-26H,4-12,19-20H2,1-3H3/t13-,14-,17-/m0/s1. The summed E-state index contributed by atoms with van der Waals surface area (Å²) in [5, 5.41) is 18.1. The SMILES string of the molecule is CCCN(C1CN(C(=O)[C@H](C)N)C1)S(=O)(=O)N1C[C@H](CCCB(O)O)[C@@](C)(N)C1. The van der Waals surface area contributed by atoms with Gasteiger partial charge in [-0.3, -0.25) is 4.79 Å². The first-order valence-corrected chi connectivity index (χ1v) is 11.8. The van der Waals surface area contributed by atoms with Crippen LogP contribution >= 0.6 is 0 Å². The minimum Gasteiger partial charge on any atom is -0.427 e. The van der Waals surface area contributed by atoms with E-state index >= 15 is 0 Å². The Bertz CT molecular complexity index is 669. The summed E-state index contributed by atoms with van der Waals surface area (Å²) in [5.41, 5.74) is 11.4. The number of rotatable bonds is 10. The van der Waals surface area contributed by atoms with Crippen LogP contribution in [0.5, 0.6) is 0 Å². The maximum atomic E-state index is 13.4. The molecule has 0 aromatic carbocycles. The van der Waals surface area contributed by atoms with Gasteiger partial charge >= 0.3 is 7.12 Å². The Kier molecular flexibility index (Phi) is 8.10. The highest BCUT2D eigenvalue weighted by Crippen LogP contribution is 2.33. The molecule has 12 heteroatoms. The molecule has 0 aromatic heterocycles. The molecular formula is C17H36BN5O5S. The Morgan fingerprint density at radius 2 is 1.97 bits per heavy atom. The maximum Gasteiger partial charge on any atom is 0.451 e. The van der Waals surface area contributed by atoms with Gasteiger partial charge in [-0.15, -0.1) is 0 Å². The van der Waals surface area contributed by atoms with Crippen molar-refractivity contribution >= 4 is 23.2 Å². The lowest BCUT2D eigenvalue weighted by molar-refractivity contribution is -0.138. The van der Waals surface area contributed by atoms with Gasteiger partial charge in [0.2, 0.25) is 5.91 Å². The average molecular weight is 433 g/mol. The minimum absolute atomic E-state index is 0.0583. The van der Waals surface area contributed by atoms with Gasteiger partial charge in [0.05, 0.1) is 12.1 Å². The van der Waals surface area contributed by atoms with Crippen molar-refractivity contribution in [2.24, 2.45) is 17.4 Å². The maximum absolute atomic E-state index is 13.4. The molecule has 0 bridgehead atoms. The van der Waals surface area contributed by atoms with Gasteiger partial charge in [0, 0.05) is 38.3 Å². The van der Waals surface area contributed by atoms with Gasteiger partial charge in [0.15, 0.2) is 0 Å². The van der Waals surface area contributed by atoms with Gasteiger partial charge in [-0.25, -0.2) is 0 Å². The average Bonchev–Trinajstić information content (AvgIpc) is 2.87. The highest BCUT2D eigenvalue weighted by Gasteiger charge is 2.48. The first-order valence-electron chi connectivity index (χ1n) is 10.4. The molecule has 0 unspecified atom stereocenters. The predicted octanol–water partition coefficient (Wildman–Crippen LogP) is -1.60. The van der Waals surface area contributed by atoms with Crippen molar-refractivity contribution < 1.29 is 23.3 Å². The van der Waals surface area contributed by atoms with E-state index in [0.717, 1.165) is 0 Å². The number of nitrogens with two attached hydrogens (primary N) is 2. The first kappa shape index (κ1) is 24.5. The van der Waals surface area contributed by atoms with Gasteiger partial charge in [-0.2, -0.15) is 17.0 Å². The fourth-order valence-electron chi connectivity index (χ4n) is 4.13. The number of carbonyl (C=O) groups is 1. The Labute approximate surface area is 174 Å². The second-order valence-electron chi connectivity index (χ2n) is 8.71. The molecule has 0 aromatic rings. The largest absolute Gasteiger partial charge is 0.451 e. The molecule has 2 rings (SSSR count). The summed E-state index contributed by atoms with van der Waals surface area (Å²) in [5.74, 6) is -0.228. The van der Waals surface area contributed by atoms with Crippen molar-refractivity contribution in [2.45, 2.75) is 64.0 Å². The quantitative estimate of drug-likeness (QED) is 0.303. The molecule has 2 saturated heterocycles. The fourth-order valence-corrected chi connectivity index (χ4v) is 6.16. The molecule has 3 atom stereocenters. The summed E-state index contributed by atoms with van der Waals surface area (Å²) in [6.07, 6.45) is 2.11. The van der Waals surface area contributed by atoms with Crippen LogP contribution in [0.3, 0.4) is 0 Å². The van der Waals surface area contributed by atoms with Crippen LogP contribution in [0.2, 0.25) is 6.32 Å². The van der Waals surface area contributed by atoms with Crippen LogP contribution in [0.25, 0.3) is 0 Å². The van der Waals surface area contributed by atoms with Gasteiger partial charge in [-0.05, 0) is 38.9 Å². The van der Waals surface area contributed by atoms with Crippen LogP contribution in [0.1, 0.15) is 40.0 Å². The molecule has 0 saturated carbocycles. The second kappa shape index (κ2) is 9.59. The lowest BCUT2D eigenvalue weighted by Crippen LogP contribution is -2.65. The normalized spacial score (nSPS) is 27.3. The second-order valence-corrected chi connectivity index (χ2v) is 10.6. The third-order valence-electron chi connectivity index (χ3n) is 5.93. The van der Waals surface area contributed by atoms with Gasteiger partial charge in [0.25, 0.3) is 10.2 Å². The molecule has 168 valence electrons. The Balaban J connectivity index is 2.05. The van der Waals surface area contributed by atoms with E-state index in [4.69, 9.17) is 21.5 Å². The molecular weight excluding hydrogens is 397 g/mol. The molecule has 2 fully saturated rings. The predicted molar refractivity (Wildman–Crippen MR) is 112 cm³/mol. The molecule has 2 heterocycles. The topological polar surface area (TPSA) is 153 Å². The van der Waals surface area contributed by atoms with Crippen LogP contribution in [-0.2, 0) is 15.0 Å². The third-order valence-corrected chi connectivity index (χ3v) is 7.93.